The topological polar surface area (TPSA) is 54.9 Å². The summed E-state index contributed by atoms with van der Waals surface area (Å²) in [6.07, 6.45) is 5.17. The second kappa shape index (κ2) is 9.64. The van der Waals surface area contributed by atoms with Gasteiger partial charge in [-0.05, 0) is 12.8 Å². The van der Waals surface area contributed by atoms with Crippen molar-refractivity contribution in [3.63, 3.8) is 0 Å². The first-order valence-corrected chi connectivity index (χ1v) is 10.6. The van der Waals surface area contributed by atoms with E-state index in [1.165, 1.54) is 6.20 Å². The van der Waals surface area contributed by atoms with E-state index in [-0.39, 0.29) is 11.7 Å². The van der Waals surface area contributed by atoms with Crippen LogP contribution in [-0.4, -0.2) is 15.9 Å². The number of benzene rings is 2. The van der Waals surface area contributed by atoms with E-state index in [1.54, 1.807) is 0 Å². The number of rotatable bonds is 5. The number of anilines is 1. The highest BCUT2D eigenvalue weighted by Crippen LogP contribution is 2.36. The highest BCUT2D eigenvalue weighted by Gasteiger charge is 2.28. The maximum atomic E-state index is 14.0. The van der Waals surface area contributed by atoms with Gasteiger partial charge >= 0.3 is 0 Å². The molecule has 0 saturated heterocycles. The number of amides is 1. The van der Waals surface area contributed by atoms with Gasteiger partial charge in [0.05, 0.1) is 24.0 Å². The largest absolute Gasteiger partial charge is 0.309 e. The zero-order valence-electron chi connectivity index (χ0n) is 17.5. The van der Waals surface area contributed by atoms with Crippen molar-refractivity contribution >= 4 is 11.7 Å². The molecule has 1 amide bonds. The van der Waals surface area contributed by atoms with E-state index >= 15 is 0 Å². The van der Waals surface area contributed by atoms with Gasteiger partial charge in [0.25, 0.3) is 0 Å². The Morgan fingerprint density at radius 2 is 1.48 bits per heavy atom. The van der Waals surface area contributed by atoms with Crippen molar-refractivity contribution in [2.75, 3.05) is 5.32 Å². The van der Waals surface area contributed by atoms with Crippen molar-refractivity contribution in [2.24, 2.45) is 0 Å². The van der Waals surface area contributed by atoms with Crippen molar-refractivity contribution in [2.45, 2.75) is 44.4 Å². The fourth-order valence-corrected chi connectivity index (χ4v) is 4.05. The van der Waals surface area contributed by atoms with Gasteiger partial charge in [0, 0.05) is 17.0 Å². The number of hydrogen-bond acceptors (Lipinski definition) is 3. The third-order valence-corrected chi connectivity index (χ3v) is 5.76. The van der Waals surface area contributed by atoms with E-state index in [2.05, 4.69) is 10.3 Å². The van der Waals surface area contributed by atoms with Gasteiger partial charge < -0.3 is 5.32 Å². The second-order valence-corrected chi connectivity index (χ2v) is 7.96. The SMILES string of the molecule is O=C(Cc1c(F)c(F)c(F)c(F)c1F)Nc1ncc(-c2ccccc2)nc1C1CCCCC1. The quantitative estimate of drug-likeness (QED) is 0.285. The van der Waals surface area contributed by atoms with Crippen LogP contribution in [0.2, 0.25) is 0 Å². The maximum Gasteiger partial charge on any atom is 0.230 e. The normalized spacial score (nSPS) is 14.3. The van der Waals surface area contributed by atoms with E-state index in [0.717, 1.165) is 37.7 Å². The number of halogens is 5. The molecule has 0 aliphatic heterocycles. The van der Waals surface area contributed by atoms with Gasteiger partial charge in [0.2, 0.25) is 11.7 Å². The summed E-state index contributed by atoms with van der Waals surface area (Å²) >= 11 is 0. The molecule has 33 heavy (non-hydrogen) atoms. The molecule has 2 aromatic carbocycles. The molecule has 0 bridgehead atoms. The fourth-order valence-electron chi connectivity index (χ4n) is 4.05. The lowest BCUT2D eigenvalue weighted by Gasteiger charge is -2.23. The number of carbonyl (C=O) groups excluding carboxylic acids is 1. The summed E-state index contributed by atoms with van der Waals surface area (Å²) in [6, 6.07) is 9.33. The summed E-state index contributed by atoms with van der Waals surface area (Å²) in [5.41, 5.74) is 0.786. The molecule has 9 heteroatoms. The molecule has 1 aliphatic carbocycles. The van der Waals surface area contributed by atoms with Gasteiger partial charge in [-0.1, -0.05) is 49.6 Å². The third kappa shape index (κ3) is 4.72. The third-order valence-electron chi connectivity index (χ3n) is 5.76. The average molecular weight is 461 g/mol. The zero-order valence-corrected chi connectivity index (χ0v) is 17.5. The Bertz CT molecular complexity index is 1150. The summed E-state index contributed by atoms with van der Waals surface area (Å²) in [4.78, 5) is 21.6. The van der Waals surface area contributed by atoms with Gasteiger partial charge in [0.1, 0.15) is 0 Å². The van der Waals surface area contributed by atoms with Crippen LogP contribution in [0.5, 0.6) is 0 Å². The minimum atomic E-state index is -2.27. The number of aromatic nitrogens is 2. The molecule has 0 radical (unpaired) electrons. The first-order chi connectivity index (χ1) is 15.9. The summed E-state index contributed by atoms with van der Waals surface area (Å²) in [7, 11) is 0. The molecule has 4 rings (SSSR count). The van der Waals surface area contributed by atoms with Crippen LogP contribution >= 0.6 is 0 Å². The lowest BCUT2D eigenvalue weighted by Crippen LogP contribution is -2.21. The Balaban J connectivity index is 1.64. The summed E-state index contributed by atoms with van der Waals surface area (Å²) in [6.45, 7) is 0. The lowest BCUT2D eigenvalue weighted by molar-refractivity contribution is -0.115. The molecule has 0 spiro atoms. The predicted molar refractivity (Wildman–Crippen MR) is 112 cm³/mol. The van der Waals surface area contributed by atoms with Crippen molar-refractivity contribution < 1.29 is 26.7 Å². The minimum Gasteiger partial charge on any atom is -0.309 e. The molecular weight excluding hydrogens is 441 g/mol. The van der Waals surface area contributed by atoms with E-state index in [4.69, 9.17) is 4.98 Å². The summed E-state index contributed by atoms with van der Waals surface area (Å²) in [5, 5.41) is 2.46. The van der Waals surface area contributed by atoms with Crippen LogP contribution in [0.25, 0.3) is 11.3 Å². The van der Waals surface area contributed by atoms with Crippen LogP contribution in [0.4, 0.5) is 27.8 Å². The summed E-state index contributed by atoms with van der Waals surface area (Å²) in [5.74, 6) is -11.3. The van der Waals surface area contributed by atoms with E-state index < -0.39 is 47.0 Å². The Kier molecular flexibility index (Phi) is 6.67. The average Bonchev–Trinajstić information content (AvgIpc) is 2.85. The maximum absolute atomic E-state index is 14.0. The Morgan fingerprint density at radius 3 is 2.12 bits per heavy atom. The lowest BCUT2D eigenvalue weighted by atomic mass is 9.86. The monoisotopic (exact) mass is 461 g/mol. The van der Waals surface area contributed by atoms with Gasteiger partial charge in [0.15, 0.2) is 29.1 Å². The van der Waals surface area contributed by atoms with Gasteiger partial charge in [-0.15, -0.1) is 0 Å². The van der Waals surface area contributed by atoms with Crippen molar-refractivity contribution in [3.05, 3.63) is 76.9 Å². The molecule has 1 aliphatic rings. The van der Waals surface area contributed by atoms with Crippen LogP contribution in [0, 0.1) is 29.1 Å². The molecule has 1 heterocycles. The molecule has 172 valence electrons. The van der Waals surface area contributed by atoms with Gasteiger partial charge in [-0.3, -0.25) is 4.79 Å². The molecule has 0 unspecified atom stereocenters. The van der Waals surface area contributed by atoms with Gasteiger partial charge in [-0.25, -0.2) is 31.9 Å². The van der Waals surface area contributed by atoms with Crippen LogP contribution in [0.3, 0.4) is 0 Å². The van der Waals surface area contributed by atoms with Crippen LogP contribution < -0.4 is 5.32 Å². The predicted octanol–water partition coefficient (Wildman–Crippen LogP) is 6.07. The molecule has 1 fully saturated rings. The van der Waals surface area contributed by atoms with Crippen molar-refractivity contribution in [1.29, 1.82) is 0 Å². The van der Waals surface area contributed by atoms with E-state index in [0.29, 0.717) is 11.4 Å². The van der Waals surface area contributed by atoms with Gasteiger partial charge in [-0.2, -0.15) is 0 Å². The Morgan fingerprint density at radius 1 is 0.879 bits per heavy atom. The molecule has 4 nitrogen and oxygen atoms in total. The van der Waals surface area contributed by atoms with E-state index in [1.807, 2.05) is 30.3 Å². The van der Waals surface area contributed by atoms with Crippen LogP contribution in [0.15, 0.2) is 36.5 Å². The van der Waals surface area contributed by atoms with Crippen molar-refractivity contribution in [1.82, 2.24) is 9.97 Å². The highest BCUT2D eigenvalue weighted by molar-refractivity contribution is 5.92. The minimum absolute atomic E-state index is 0.0272. The molecule has 1 aromatic heterocycles. The van der Waals surface area contributed by atoms with E-state index in [9.17, 15) is 26.7 Å². The summed E-state index contributed by atoms with van der Waals surface area (Å²) < 4.78 is 68.2. The number of nitrogens with zero attached hydrogens (tertiary/aromatic N) is 2. The Hall–Kier alpha value is -3.36. The fraction of sp³-hybridized carbons (Fsp3) is 0.292. The number of carbonyl (C=O) groups is 1. The zero-order chi connectivity index (χ0) is 23.5. The molecule has 1 saturated carbocycles. The highest BCUT2D eigenvalue weighted by atomic mass is 19.2. The molecule has 3 aromatic rings. The second-order valence-electron chi connectivity index (χ2n) is 7.96. The number of nitrogens with one attached hydrogen (secondary N) is 1. The molecule has 0 atom stereocenters. The Labute approximate surface area is 186 Å². The first kappa shape index (κ1) is 22.8. The molecular formula is C24H20F5N3O. The number of hydrogen-bond donors (Lipinski definition) is 1. The first-order valence-electron chi connectivity index (χ1n) is 10.6. The molecule has 1 N–H and O–H groups in total. The van der Waals surface area contributed by atoms with Crippen LogP contribution in [-0.2, 0) is 11.2 Å². The van der Waals surface area contributed by atoms with Crippen molar-refractivity contribution in [3.8, 4) is 11.3 Å². The standard InChI is InChI=1S/C24H20F5N3O/c25-18-15(19(26)21(28)22(29)20(18)27)11-17(33)32-24-23(14-9-5-2-6-10-14)31-16(12-30-24)13-7-3-1-4-8-13/h1,3-4,7-8,12,14H,2,5-6,9-11H2,(H,30,32,33). The smallest absolute Gasteiger partial charge is 0.230 e. The van der Waals surface area contributed by atoms with Crippen LogP contribution in [0.1, 0.15) is 49.3 Å².